The van der Waals surface area contributed by atoms with Crippen LogP contribution in [0.3, 0.4) is 0 Å². The Kier molecular flexibility index (Phi) is 12.5. The van der Waals surface area contributed by atoms with E-state index in [-0.39, 0.29) is 43.2 Å². The summed E-state index contributed by atoms with van der Waals surface area (Å²) in [5.74, 6) is 1.27. The van der Waals surface area contributed by atoms with Crippen LogP contribution in [0.1, 0.15) is 84.9 Å². The smallest absolute Gasteiger partial charge is 0.416 e. The van der Waals surface area contributed by atoms with Crippen molar-refractivity contribution in [3.8, 4) is 22.6 Å². The van der Waals surface area contributed by atoms with E-state index in [1.54, 1.807) is 0 Å². The fraction of sp³-hybridized carbons (Fsp3) is 0.395. The van der Waals surface area contributed by atoms with Crippen LogP contribution in [-0.2, 0) is 30.2 Å². The molecule has 3 aromatic carbocycles. The van der Waals surface area contributed by atoms with Gasteiger partial charge < -0.3 is 19.2 Å². The van der Waals surface area contributed by atoms with Gasteiger partial charge >= 0.3 is 12.4 Å². The number of aromatic nitrogens is 2. The zero-order chi connectivity index (χ0) is 36.6. The quantitative estimate of drug-likeness (QED) is 0.0699. The Balaban J connectivity index is 1.86. The molecule has 4 rings (SSSR count). The topological polar surface area (TPSA) is 64.6 Å². The monoisotopic (exact) mass is 701 g/mol. The Morgan fingerprint density at radius 2 is 1.46 bits per heavy atom. The van der Waals surface area contributed by atoms with Gasteiger partial charge in [0.1, 0.15) is 12.0 Å². The van der Waals surface area contributed by atoms with Gasteiger partial charge in [0.15, 0.2) is 5.75 Å². The fourth-order valence-electron chi connectivity index (χ4n) is 5.42. The Morgan fingerprint density at radius 3 is 2.04 bits per heavy atom. The molecular formula is C38H41F6N3O3. The molecule has 0 bridgehead atoms. The first kappa shape index (κ1) is 38.2. The normalized spacial score (nSPS) is 11.9. The summed E-state index contributed by atoms with van der Waals surface area (Å²) in [6.45, 7) is 10.4. The van der Waals surface area contributed by atoms with Crippen LogP contribution in [0.25, 0.3) is 11.1 Å². The second-order valence-corrected chi connectivity index (χ2v) is 12.5. The van der Waals surface area contributed by atoms with Crippen molar-refractivity contribution in [2.45, 2.75) is 85.2 Å². The number of ether oxygens (including phenoxy) is 2. The van der Waals surface area contributed by atoms with Gasteiger partial charge in [-0.3, -0.25) is 0 Å². The number of unbranched alkanes of at least 4 members (excludes halogenated alkanes) is 1. The number of carbonyl (C=O) groups is 1. The lowest BCUT2D eigenvalue weighted by atomic mass is 9.90. The average molecular weight is 702 g/mol. The van der Waals surface area contributed by atoms with E-state index in [0.29, 0.717) is 30.9 Å². The third-order valence-corrected chi connectivity index (χ3v) is 8.10. The van der Waals surface area contributed by atoms with Gasteiger partial charge in [-0.15, -0.1) is 0 Å². The minimum atomic E-state index is -5.00. The molecule has 0 aliphatic rings. The predicted molar refractivity (Wildman–Crippen MR) is 180 cm³/mol. The predicted octanol–water partition coefficient (Wildman–Crippen LogP) is 10.3. The number of aryl methyl sites for hydroxylation is 2. The van der Waals surface area contributed by atoms with Crippen LogP contribution in [-0.4, -0.2) is 29.5 Å². The number of hydrogen-bond acceptors (Lipinski definition) is 6. The Labute approximate surface area is 288 Å². The molecule has 0 atom stereocenters. The molecule has 0 unspecified atom stereocenters. The Morgan fingerprint density at radius 1 is 0.800 bits per heavy atom. The first-order valence-electron chi connectivity index (χ1n) is 16.4. The molecule has 268 valence electrons. The molecule has 0 spiro atoms. The highest BCUT2D eigenvalue weighted by Crippen LogP contribution is 2.39. The number of nitrogens with zero attached hydrogens (tertiary/aromatic N) is 3. The number of alkyl halides is 6. The van der Waals surface area contributed by atoms with E-state index < -0.39 is 23.5 Å². The minimum absolute atomic E-state index is 0.0344. The van der Waals surface area contributed by atoms with Gasteiger partial charge in [-0.25, -0.2) is 9.97 Å². The van der Waals surface area contributed by atoms with Crippen molar-refractivity contribution >= 4 is 12.2 Å². The maximum absolute atomic E-state index is 13.8. The number of halogens is 6. The lowest BCUT2D eigenvalue weighted by Crippen LogP contribution is -2.25. The van der Waals surface area contributed by atoms with Crippen LogP contribution in [0.4, 0.5) is 32.3 Å². The summed E-state index contributed by atoms with van der Waals surface area (Å²) in [7, 11) is 0. The highest BCUT2D eigenvalue weighted by atomic mass is 19.4. The van der Waals surface area contributed by atoms with Crippen LogP contribution in [0.15, 0.2) is 60.9 Å². The van der Waals surface area contributed by atoms with E-state index in [2.05, 4.69) is 35.9 Å². The molecule has 0 saturated heterocycles. The molecule has 50 heavy (non-hydrogen) atoms. The van der Waals surface area contributed by atoms with Gasteiger partial charge in [0, 0.05) is 19.5 Å². The molecule has 0 radical (unpaired) electrons. The highest BCUT2D eigenvalue weighted by molar-refractivity contribution is 5.74. The zero-order valence-corrected chi connectivity index (χ0v) is 28.7. The molecule has 1 heterocycles. The van der Waals surface area contributed by atoms with Gasteiger partial charge in [-0.2, -0.15) is 26.3 Å². The van der Waals surface area contributed by atoms with Crippen LogP contribution in [0.5, 0.6) is 11.5 Å². The van der Waals surface area contributed by atoms with Crippen LogP contribution in [0.2, 0.25) is 0 Å². The maximum Gasteiger partial charge on any atom is 0.416 e. The van der Waals surface area contributed by atoms with E-state index in [0.717, 1.165) is 58.2 Å². The van der Waals surface area contributed by atoms with Crippen molar-refractivity contribution in [3.05, 3.63) is 99.9 Å². The van der Waals surface area contributed by atoms with Crippen molar-refractivity contribution < 1.29 is 40.6 Å². The summed E-state index contributed by atoms with van der Waals surface area (Å²) in [4.78, 5) is 21.0. The van der Waals surface area contributed by atoms with Crippen molar-refractivity contribution in [2.75, 3.05) is 18.1 Å². The minimum Gasteiger partial charge on any atom is -0.493 e. The van der Waals surface area contributed by atoms with Crippen molar-refractivity contribution in [3.63, 3.8) is 0 Å². The molecule has 6 nitrogen and oxygen atoms in total. The molecule has 0 fully saturated rings. The van der Waals surface area contributed by atoms with E-state index in [4.69, 9.17) is 9.47 Å². The van der Waals surface area contributed by atoms with E-state index >= 15 is 0 Å². The number of aldehydes is 1. The second kappa shape index (κ2) is 16.4. The highest BCUT2D eigenvalue weighted by Gasteiger charge is 2.37. The first-order valence-corrected chi connectivity index (χ1v) is 16.4. The Hall–Kier alpha value is -4.61. The summed E-state index contributed by atoms with van der Waals surface area (Å²) < 4.78 is 94.6. The van der Waals surface area contributed by atoms with Crippen molar-refractivity contribution in [1.29, 1.82) is 0 Å². The fourth-order valence-corrected chi connectivity index (χ4v) is 5.42. The molecule has 4 aromatic rings. The number of anilines is 1. The van der Waals surface area contributed by atoms with Crippen LogP contribution < -0.4 is 14.4 Å². The number of hydrogen-bond donors (Lipinski definition) is 0. The molecule has 12 heteroatoms. The lowest BCUT2D eigenvalue weighted by molar-refractivity contribution is -0.143. The zero-order valence-electron chi connectivity index (χ0n) is 28.7. The van der Waals surface area contributed by atoms with Gasteiger partial charge in [0.25, 0.3) is 0 Å². The average Bonchev–Trinajstić information content (AvgIpc) is 3.05. The van der Waals surface area contributed by atoms with Gasteiger partial charge in [-0.05, 0) is 102 Å². The largest absolute Gasteiger partial charge is 0.493 e. The molecule has 1 aromatic heterocycles. The van der Waals surface area contributed by atoms with Gasteiger partial charge in [0.2, 0.25) is 5.95 Å². The molecule has 0 amide bonds. The van der Waals surface area contributed by atoms with Gasteiger partial charge in [0.05, 0.1) is 36.7 Å². The molecular weight excluding hydrogens is 660 g/mol. The standard InChI is InChI=1S/C38H41F6N3O3/c1-6-12-50-35-19-34(33-17-28(24(2)3)10-9-25(33)4)29(14-26(35)5)23-47(36-45-20-32(21-46-36)49-13-8-7-11-48)22-27-15-30(37(39,40)41)18-31(16-27)38(42,43)44/h9-11,14-21,24H,6-8,12-13,22-23H2,1-5H3. The van der Waals surface area contributed by atoms with Crippen LogP contribution in [0, 0.1) is 13.8 Å². The molecule has 0 aliphatic carbocycles. The summed E-state index contributed by atoms with van der Waals surface area (Å²) >= 11 is 0. The molecule has 0 aliphatic heterocycles. The SMILES string of the molecule is CCCOc1cc(-c2cc(C(C)C)ccc2C)c(CN(Cc2cc(C(F)(F)F)cc(C(F)(F)F)c2)c2ncc(OCCCC=O)cn2)cc1C. The van der Waals surface area contributed by atoms with Crippen LogP contribution >= 0.6 is 0 Å². The van der Waals surface area contributed by atoms with E-state index in [1.807, 2.05) is 39.0 Å². The van der Waals surface area contributed by atoms with E-state index in [9.17, 15) is 31.1 Å². The maximum atomic E-state index is 13.8. The van der Waals surface area contributed by atoms with Crippen molar-refractivity contribution in [2.24, 2.45) is 0 Å². The van der Waals surface area contributed by atoms with Gasteiger partial charge in [-0.1, -0.05) is 39.0 Å². The number of benzene rings is 3. The Bertz CT molecular complexity index is 1720. The third kappa shape index (κ3) is 9.98. The first-order chi connectivity index (χ1) is 23.6. The summed E-state index contributed by atoms with van der Waals surface area (Å²) in [6.07, 6.45) is -4.88. The van der Waals surface area contributed by atoms with Crippen molar-refractivity contribution in [1.82, 2.24) is 9.97 Å². The molecule has 0 saturated carbocycles. The third-order valence-electron chi connectivity index (χ3n) is 8.10. The van der Waals surface area contributed by atoms with E-state index in [1.165, 1.54) is 17.3 Å². The lowest BCUT2D eigenvalue weighted by Gasteiger charge is -2.26. The summed E-state index contributed by atoms with van der Waals surface area (Å²) in [5, 5.41) is 0. The summed E-state index contributed by atoms with van der Waals surface area (Å²) in [5.41, 5.74) is 2.34. The molecule has 0 N–H and O–H groups in total. The number of carbonyl (C=O) groups excluding carboxylic acids is 1. The second-order valence-electron chi connectivity index (χ2n) is 12.5. The number of rotatable bonds is 15. The summed E-state index contributed by atoms with van der Waals surface area (Å²) in [6, 6.07) is 11.6.